The minimum absolute atomic E-state index is 0.0724. The summed E-state index contributed by atoms with van der Waals surface area (Å²) in [5.74, 6) is 0.932. The second-order valence-corrected chi connectivity index (χ2v) is 5.64. The van der Waals surface area contributed by atoms with E-state index in [-0.39, 0.29) is 5.91 Å². The van der Waals surface area contributed by atoms with Crippen molar-refractivity contribution in [2.45, 2.75) is 32.2 Å². The van der Waals surface area contributed by atoms with Crippen LogP contribution in [0.1, 0.15) is 36.5 Å². The summed E-state index contributed by atoms with van der Waals surface area (Å²) < 4.78 is 0. The van der Waals surface area contributed by atoms with Gasteiger partial charge in [-0.2, -0.15) is 0 Å². The number of benzene rings is 1. The standard InChI is InChI=1S/C17H21N3O/c1-3-10-18-16-14-7-5-4-6-13(14)15(11-19-16)17(21)20(2)12-8-9-12/h4-7,11-12H,3,8-10H2,1-2H3,(H,18,19). The average molecular weight is 283 g/mol. The third-order valence-corrected chi connectivity index (χ3v) is 3.98. The molecule has 21 heavy (non-hydrogen) atoms. The number of hydrogen-bond donors (Lipinski definition) is 1. The van der Waals surface area contributed by atoms with Crippen LogP contribution in [0.15, 0.2) is 30.5 Å². The van der Waals surface area contributed by atoms with Crippen LogP contribution in [0.5, 0.6) is 0 Å². The number of carbonyl (C=O) groups excluding carboxylic acids is 1. The number of rotatable bonds is 5. The maximum Gasteiger partial charge on any atom is 0.256 e. The number of anilines is 1. The second-order valence-electron chi connectivity index (χ2n) is 5.64. The molecule has 4 nitrogen and oxygen atoms in total. The normalized spacial score (nSPS) is 14.2. The molecule has 0 unspecified atom stereocenters. The van der Waals surface area contributed by atoms with Crippen molar-refractivity contribution in [3.8, 4) is 0 Å². The summed E-state index contributed by atoms with van der Waals surface area (Å²) >= 11 is 0. The quantitative estimate of drug-likeness (QED) is 0.916. The van der Waals surface area contributed by atoms with Gasteiger partial charge in [0.25, 0.3) is 5.91 Å². The lowest BCUT2D eigenvalue weighted by atomic mass is 10.1. The van der Waals surface area contributed by atoms with Crippen molar-refractivity contribution < 1.29 is 4.79 Å². The van der Waals surface area contributed by atoms with Gasteiger partial charge in [0.15, 0.2) is 0 Å². The molecule has 0 spiro atoms. The van der Waals surface area contributed by atoms with E-state index < -0.39 is 0 Å². The van der Waals surface area contributed by atoms with Crippen LogP contribution in [0.2, 0.25) is 0 Å². The summed E-state index contributed by atoms with van der Waals surface area (Å²) in [6, 6.07) is 8.39. The van der Waals surface area contributed by atoms with E-state index in [1.165, 1.54) is 0 Å². The monoisotopic (exact) mass is 283 g/mol. The summed E-state index contributed by atoms with van der Waals surface area (Å²) in [6.07, 6.45) is 4.98. The van der Waals surface area contributed by atoms with Gasteiger partial charge in [-0.1, -0.05) is 31.2 Å². The Morgan fingerprint density at radius 2 is 2.05 bits per heavy atom. The predicted molar refractivity (Wildman–Crippen MR) is 85.6 cm³/mol. The van der Waals surface area contributed by atoms with Gasteiger partial charge in [-0.05, 0) is 24.6 Å². The zero-order chi connectivity index (χ0) is 14.8. The summed E-state index contributed by atoms with van der Waals surface area (Å²) in [7, 11) is 1.89. The Labute approximate surface area is 125 Å². The molecule has 2 aromatic rings. The topological polar surface area (TPSA) is 45.2 Å². The van der Waals surface area contributed by atoms with Gasteiger partial charge in [0, 0.05) is 31.2 Å². The van der Waals surface area contributed by atoms with Crippen molar-refractivity contribution in [3.05, 3.63) is 36.0 Å². The third kappa shape index (κ3) is 2.71. The Morgan fingerprint density at radius 1 is 1.33 bits per heavy atom. The SMILES string of the molecule is CCCNc1ncc(C(=O)N(C)C2CC2)c2ccccc12. The molecule has 0 aliphatic heterocycles. The van der Waals surface area contributed by atoms with E-state index in [1.54, 1.807) is 6.20 Å². The van der Waals surface area contributed by atoms with E-state index in [9.17, 15) is 4.79 Å². The molecular formula is C17H21N3O. The first-order chi connectivity index (χ1) is 10.2. The molecule has 0 bridgehead atoms. The summed E-state index contributed by atoms with van der Waals surface area (Å²) in [5, 5.41) is 5.32. The molecule has 1 saturated carbocycles. The fraction of sp³-hybridized carbons (Fsp3) is 0.412. The minimum atomic E-state index is 0.0724. The Hall–Kier alpha value is -2.10. The van der Waals surface area contributed by atoms with E-state index in [0.29, 0.717) is 11.6 Å². The molecule has 110 valence electrons. The largest absolute Gasteiger partial charge is 0.370 e. The number of amides is 1. The summed E-state index contributed by atoms with van der Waals surface area (Å²) in [5.41, 5.74) is 0.696. The first-order valence-electron chi connectivity index (χ1n) is 7.61. The number of carbonyl (C=O) groups is 1. The molecule has 1 amide bonds. The van der Waals surface area contributed by atoms with Crippen LogP contribution in [0.4, 0.5) is 5.82 Å². The van der Waals surface area contributed by atoms with Gasteiger partial charge >= 0.3 is 0 Å². The number of pyridine rings is 1. The molecule has 0 radical (unpaired) electrons. The van der Waals surface area contributed by atoms with E-state index >= 15 is 0 Å². The van der Waals surface area contributed by atoms with Crippen LogP contribution < -0.4 is 5.32 Å². The molecule has 3 rings (SSSR count). The second kappa shape index (κ2) is 5.72. The number of nitrogens with one attached hydrogen (secondary N) is 1. The van der Waals surface area contributed by atoms with Gasteiger partial charge in [0.2, 0.25) is 0 Å². The summed E-state index contributed by atoms with van der Waals surface area (Å²) in [6.45, 7) is 3.00. The van der Waals surface area contributed by atoms with Crippen molar-refractivity contribution >= 4 is 22.5 Å². The Balaban J connectivity index is 2.01. The molecule has 0 saturated heterocycles. The van der Waals surface area contributed by atoms with Gasteiger partial charge < -0.3 is 10.2 Å². The number of fused-ring (bicyclic) bond motifs is 1. The molecular weight excluding hydrogens is 262 g/mol. The Kier molecular flexibility index (Phi) is 3.78. The molecule has 1 fully saturated rings. The molecule has 1 heterocycles. The lowest BCUT2D eigenvalue weighted by Crippen LogP contribution is -2.29. The van der Waals surface area contributed by atoms with E-state index in [2.05, 4.69) is 17.2 Å². The van der Waals surface area contributed by atoms with Crippen LogP contribution in [-0.2, 0) is 0 Å². The number of aromatic nitrogens is 1. The molecule has 4 heteroatoms. The maximum absolute atomic E-state index is 12.6. The van der Waals surface area contributed by atoms with Crippen molar-refractivity contribution in [1.82, 2.24) is 9.88 Å². The van der Waals surface area contributed by atoms with Gasteiger partial charge in [0.05, 0.1) is 5.56 Å². The van der Waals surface area contributed by atoms with Crippen molar-refractivity contribution in [1.29, 1.82) is 0 Å². The van der Waals surface area contributed by atoms with Gasteiger partial charge in [-0.25, -0.2) is 4.98 Å². The molecule has 1 aromatic carbocycles. The highest BCUT2D eigenvalue weighted by molar-refractivity contribution is 6.09. The summed E-state index contributed by atoms with van der Waals surface area (Å²) in [4.78, 5) is 18.9. The maximum atomic E-state index is 12.6. The van der Waals surface area contributed by atoms with E-state index in [1.807, 2.05) is 36.2 Å². The van der Waals surface area contributed by atoms with Crippen LogP contribution in [0, 0.1) is 0 Å². The Morgan fingerprint density at radius 3 is 2.71 bits per heavy atom. The highest BCUT2D eigenvalue weighted by atomic mass is 16.2. The van der Waals surface area contributed by atoms with Crippen LogP contribution in [0.3, 0.4) is 0 Å². The number of nitrogens with zero attached hydrogens (tertiary/aromatic N) is 2. The van der Waals surface area contributed by atoms with E-state index in [0.717, 1.165) is 42.4 Å². The molecule has 0 atom stereocenters. The smallest absolute Gasteiger partial charge is 0.256 e. The Bertz CT molecular complexity index is 664. The van der Waals surface area contributed by atoms with Gasteiger partial charge in [-0.15, -0.1) is 0 Å². The predicted octanol–water partition coefficient (Wildman–Crippen LogP) is 3.29. The third-order valence-electron chi connectivity index (χ3n) is 3.98. The zero-order valence-electron chi connectivity index (χ0n) is 12.6. The van der Waals surface area contributed by atoms with Crippen molar-refractivity contribution in [3.63, 3.8) is 0 Å². The fourth-order valence-electron chi connectivity index (χ4n) is 2.57. The first-order valence-corrected chi connectivity index (χ1v) is 7.61. The van der Waals surface area contributed by atoms with Crippen LogP contribution in [-0.4, -0.2) is 35.4 Å². The first kappa shape index (κ1) is 13.9. The number of hydrogen-bond acceptors (Lipinski definition) is 3. The zero-order valence-corrected chi connectivity index (χ0v) is 12.6. The van der Waals surface area contributed by atoms with Crippen LogP contribution >= 0.6 is 0 Å². The van der Waals surface area contributed by atoms with Crippen molar-refractivity contribution in [2.75, 3.05) is 18.9 Å². The fourth-order valence-corrected chi connectivity index (χ4v) is 2.57. The van der Waals surface area contributed by atoms with Gasteiger partial charge in [0.1, 0.15) is 5.82 Å². The minimum Gasteiger partial charge on any atom is -0.370 e. The highest BCUT2D eigenvalue weighted by Crippen LogP contribution is 2.30. The molecule has 1 aromatic heterocycles. The lowest BCUT2D eigenvalue weighted by Gasteiger charge is -2.18. The molecule has 1 aliphatic rings. The van der Waals surface area contributed by atoms with Gasteiger partial charge in [-0.3, -0.25) is 4.79 Å². The lowest BCUT2D eigenvalue weighted by molar-refractivity contribution is 0.0786. The highest BCUT2D eigenvalue weighted by Gasteiger charge is 2.30. The van der Waals surface area contributed by atoms with Crippen LogP contribution in [0.25, 0.3) is 10.8 Å². The van der Waals surface area contributed by atoms with Crippen molar-refractivity contribution in [2.24, 2.45) is 0 Å². The van der Waals surface area contributed by atoms with E-state index in [4.69, 9.17) is 0 Å². The molecule has 1 N–H and O–H groups in total. The average Bonchev–Trinajstić information content (AvgIpc) is 3.36. The molecule has 1 aliphatic carbocycles.